The summed E-state index contributed by atoms with van der Waals surface area (Å²) in [7, 11) is 1.38. The number of hydrogen-bond acceptors (Lipinski definition) is 4. The zero-order chi connectivity index (χ0) is 19.3. The molecule has 0 saturated carbocycles. The van der Waals surface area contributed by atoms with E-state index in [1.54, 1.807) is 11.0 Å². The zero-order valence-electron chi connectivity index (χ0n) is 16.1. The number of esters is 1. The Balaban J connectivity index is 2.14. The third-order valence-corrected chi connectivity index (χ3v) is 4.77. The molecule has 0 N–H and O–H groups in total. The van der Waals surface area contributed by atoms with E-state index in [2.05, 4.69) is 0 Å². The lowest BCUT2D eigenvalue weighted by Crippen LogP contribution is -2.53. The number of rotatable bonds is 5. The van der Waals surface area contributed by atoms with Gasteiger partial charge in [0, 0.05) is 12.1 Å². The maximum absolute atomic E-state index is 13.5. The van der Waals surface area contributed by atoms with Crippen LogP contribution in [0.25, 0.3) is 0 Å². The topological polar surface area (TPSA) is 49.9 Å². The average Bonchev–Trinajstić information content (AvgIpc) is 2.58. The number of halogens is 1. The molecule has 0 aliphatic carbocycles. The highest BCUT2D eigenvalue weighted by molar-refractivity contribution is 5.81. The first-order valence-corrected chi connectivity index (χ1v) is 9.09. The van der Waals surface area contributed by atoms with Gasteiger partial charge in [-0.1, -0.05) is 18.6 Å². The molecule has 1 atom stereocenters. The summed E-state index contributed by atoms with van der Waals surface area (Å²) >= 11 is 0. The van der Waals surface area contributed by atoms with Crippen LogP contribution in [0.1, 0.15) is 45.6 Å². The summed E-state index contributed by atoms with van der Waals surface area (Å²) in [4.78, 5) is 28.7. The van der Waals surface area contributed by atoms with Crippen molar-refractivity contribution in [2.24, 2.45) is 0 Å². The van der Waals surface area contributed by atoms with Crippen LogP contribution in [-0.4, -0.2) is 53.5 Å². The summed E-state index contributed by atoms with van der Waals surface area (Å²) in [6, 6.07) is 5.93. The van der Waals surface area contributed by atoms with Gasteiger partial charge in [-0.3, -0.25) is 14.5 Å². The number of ether oxygens (including phenoxy) is 1. The van der Waals surface area contributed by atoms with Gasteiger partial charge in [-0.15, -0.1) is 0 Å². The molecule has 26 heavy (non-hydrogen) atoms. The van der Waals surface area contributed by atoms with E-state index < -0.39 is 5.54 Å². The first kappa shape index (κ1) is 20.4. The molecule has 144 valence electrons. The number of piperidine rings is 1. The van der Waals surface area contributed by atoms with Crippen LogP contribution < -0.4 is 0 Å². The standard InChI is InChI=1S/C20H29FN2O3/c1-20(2,3)23(13-15-8-7-9-16(21)12-15)18(24)14-22-11-6-5-10-17(22)19(25)26-4/h7-9,12,17H,5-6,10-11,13-14H2,1-4H3. The molecule has 0 bridgehead atoms. The van der Waals surface area contributed by atoms with E-state index in [4.69, 9.17) is 4.74 Å². The molecular weight excluding hydrogens is 335 g/mol. The van der Waals surface area contributed by atoms with Gasteiger partial charge in [0.25, 0.3) is 0 Å². The molecule has 0 radical (unpaired) electrons. The Morgan fingerprint density at radius 1 is 1.31 bits per heavy atom. The van der Waals surface area contributed by atoms with E-state index in [0.29, 0.717) is 19.5 Å². The second-order valence-corrected chi connectivity index (χ2v) is 7.79. The molecule has 1 unspecified atom stereocenters. The van der Waals surface area contributed by atoms with Gasteiger partial charge in [-0.25, -0.2) is 4.39 Å². The van der Waals surface area contributed by atoms with E-state index in [1.165, 1.54) is 19.2 Å². The van der Waals surface area contributed by atoms with Gasteiger partial charge in [-0.05, 0) is 57.9 Å². The van der Waals surface area contributed by atoms with Gasteiger partial charge in [0.2, 0.25) is 5.91 Å². The Bertz CT molecular complexity index is 642. The van der Waals surface area contributed by atoms with Gasteiger partial charge in [0.05, 0.1) is 13.7 Å². The molecule has 1 aliphatic heterocycles. The molecule has 2 rings (SSSR count). The fourth-order valence-corrected chi connectivity index (χ4v) is 3.36. The van der Waals surface area contributed by atoms with E-state index in [9.17, 15) is 14.0 Å². The lowest BCUT2D eigenvalue weighted by molar-refractivity contribution is -0.150. The molecule has 1 aromatic rings. The average molecular weight is 364 g/mol. The van der Waals surface area contributed by atoms with Crippen molar-refractivity contribution in [3.8, 4) is 0 Å². The van der Waals surface area contributed by atoms with Crippen molar-refractivity contribution < 1.29 is 18.7 Å². The molecule has 5 nitrogen and oxygen atoms in total. The molecule has 1 amide bonds. The SMILES string of the molecule is COC(=O)C1CCCCN1CC(=O)N(Cc1cccc(F)c1)C(C)(C)C. The third kappa shape index (κ3) is 5.27. The quantitative estimate of drug-likeness (QED) is 0.754. The lowest BCUT2D eigenvalue weighted by Gasteiger charge is -2.39. The van der Waals surface area contributed by atoms with E-state index in [0.717, 1.165) is 18.4 Å². The molecule has 1 fully saturated rings. The Morgan fingerprint density at radius 3 is 2.65 bits per heavy atom. The van der Waals surface area contributed by atoms with E-state index in [1.807, 2.05) is 31.7 Å². The summed E-state index contributed by atoms with van der Waals surface area (Å²) in [5.74, 6) is -0.673. The number of nitrogens with zero attached hydrogens (tertiary/aromatic N) is 2. The van der Waals surface area contributed by atoms with Crippen molar-refractivity contribution in [1.82, 2.24) is 9.80 Å². The van der Waals surface area contributed by atoms with E-state index >= 15 is 0 Å². The summed E-state index contributed by atoms with van der Waals surface area (Å²) in [5, 5.41) is 0. The Labute approximate surface area is 155 Å². The summed E-state index contributed by atoms with van der Waals surface area (Å²) in [5.41, 5.74) is 0.330. The van der Waals surface area contributed by atoms with Crippen molar-refractivity contribution in [3.63, 3.8) is 0 Å². The fourth-order valence-electron chi connectivity index (χ4n) is 3.36. The first-order valence-electron chi connectivity index (χ1n) is 9.09. The maximum atomic E-state index is 13.5. The summed E-state index contributed by atoms with van der Waals surface area (Å²) < 4.78 is 18.4. The molecule has 0 aromatic heterocycles. The number of carbonyl (C=O) groups excluding carboxylic acids is 2. The Morgan fingerprint density at radius 2 is 2.04 bits per heavy atom. The van der Waals surface area contributed by atoms with Crippen LogP contribution in [0.3, 0.4) is 0 Å². The third-order valence-electron chi connectivity index (χ3n) is 4.77. The van der Waals surface area contributed by atoms with Crippen LogP contribution in [0.15, 0.2) is 24.3 Å². The number of amides is 1. The smallest absolute Gasteiger partial charge is 0.323 e. The number of likely N-dealkylation sites (tertiary alicyclic amines) is 1. The normalized spacial score (nSPS) is 18.4. The van der Waals surface area contributed by atoms with Gasteiger partial charge in [0.15, 0.2) is 0 Å². The molecule has 0 spiro atoms. The second-order valence-electron chi connectivity index (χ2n) is 7.79. The summed E-state index contributed by atoms with van der Waals surface area (Å²) in [6.45, 7) is 7.06. The molecule has 1 saturated heterocycles. The highest BCUT2D eigenvalue weighted by Gasteiger charge is 2.34. The maximum Gasteiger partial charge on any atom is 0.323 e. The zero-order valence-corrected chi connectivity index (χ0v) is 16.1. The monoisotopic (exact) mass is 364 g/mol. The second kappa shape index (κ2) is 8.62. The van der Waals surface area contributed by atoms with Crippen LogP contribution in [-0.2, 0) is 20.9 Å². The predicted octanol–water partition coefficient (Wildman–Crippen LogP) is 2.98. The largest absolute Gasteiger partial charge is 0.468 e. The van der Waals surface area contributed by atoms with Gasteiger partial charge < -0.3 is 9.64 Å². The molecule has 1 heterocycles. The van der Waals surface area contributed by atoms with Crippen molar-refractivity contribution in [2.75, 3.05) is 20.2 Å². The number of benzene rings is 1. The molecular formula is C20H29FN2O3. The van der Waals surface area contributed by atoms with Crippen LogP contribution in [0, 0.1) is 5.82 Å². The van der Waals surface area contributed by atoms with Crippen molar-refractivity contribution in [3.05, 3.63) is 35.6 Å². The fraction of sp³-hybridized carbons (Fsp3) is 0.600. The molecule has 6 heteroatoms. The van der Waals surface area contributed by atoms with Crippen molar-refractivity contribution >= 4 is 11.9 Å². The van der Waals surface area contributed by atoms with Gasteiger partial charge in [-0.2, -0.15) is 0 Å². The van der Waals surface area contributed by atoms with Crippen LogP contribution in [0.4, 0.5) is 4.39 Å². The predicted molar refractivity (Wildman–Crippen MR) is 97.9 cm³/mol. The first-order chi connectivity index (χ1) is 12.2. The van der Waals surface area contributed by atoms with Gasteiger partial charge >= 0.3 is 5.97 Å². The minimum absolute atomic E-state index is 0.0717. The Hall–Kier alpha value is -1.95. The van der Waals surface area contributed by atoms with Gasteiger partial charge in [0.1, 0.15) is 11.9 Å². The lowest BCUT2D eigenvalue weighted by atomic mass is 10.0. The number of carbonyl (C=O) groups is 2. The number of hydrogen-bond donors (Lipinski definition) is 0. The van der Waals surface area contributed by atoms with E-state index in [-0.39, 0.29) is 30.3 Å². The molecule has 1 aliphatic rings. The van der Waals surface area contributed by atoms with Crippen LogP contribution >= 0.6 is 0 Å². The van der Waals surface area contributed by atoms with Crippen LogP contribution in [0.2, 0.25) is 0 Å². The highest BCUT2D eigenvalue weighted by Crippen LogP contribution is 2.22. The molecule has 1 aromatic carbocycles. The number of methoxy groups -OCH3 is 1. The van der Waals surface area contributed by atoms with Crippen molar-refractivity contribution in [1.29, 1.82) is 0 Å². The Kier molecular flexibility index (Phi) is 6.75. The minimum atomic E-state index is -0.417. The van der Waals surface area contributed by atoms with Crippen molar-refractivity contribution in [2.45, 2.75) is 58.2 Å². The highest BCUT2D eigenvalue weighted by atomic mass is 19.1. The summed E-state index contributed by atoms with van der Waals surface area (Å²) in [6.07, 6.45) is 2.62. The minimum Gasteiger partial charge on any atom is -0.468 e. The van der Waals surface area contributed by atoms with Crippen LogP contribution in [0.5, 0.6) is 0 Å².